The normalized spacial score (nSPS) is 12.5. The number of benzene rings is 7. The predicted octanol–water partition coefficient (Wildman–Crippen LogP) is 22.1. The summed E-state index contributed by atoms with van der Waals surface area (Å²) in [6, 6.07) is 61.0. The zero-order valence-corrected chi connectivity index (χ0v) is 46.0. The summed E-state index contributed by atoms with van der Waals surface area (Å²) in [5, 5.41) is 0. The molecule has 7 aromatic carbocycles. The predicted molar refractivity (Wildman–Crippen MR) is 319 cm³/mol. The zero-order valence-electron chi connectivity index (χ0n) is 46.0. The quantitative estimate of drug-likeness (QED) is 0.0432. The first-order chi connectivity index (χ1) is 35.8. The molecule has 73 heavy (non-hydrogen) atoms. The fraction of sp³-hybridized carbons (Fsp3) is 0.408. The summed E-state index contributed by atoms with van der Waals surface area (Å²) >= 11 is 0. The molecule has 2 heteroatoms. The summed E-state index contributed by atoms with van der Waals surface area (Å²) in [5.74, 6) is 0. The van der Waals surface area contributed by atoms with E-state index in [1.54, 1.807) is 11.1 Å². The number of rotatable bonds is 29. The molecule has 0 amide bonds. The number of aryl methyl sites for hydroxylation is 4. The Morgan fingerprint density at radius 2 is 0.630 bits per heavy atom. The first kappa shape index (κ1) is 53.4. The summed E-state index contributed by atoms with van der Waals surface area (Å²) in [6.45, 7) is 13.7. The zero-order chi connectivity index (χ0) is 50.8. The fourth-order valence-electron chi connectivity index (χ4n) is 11.8. The molecule has 2 nitrogen and oxygen atoms in total. The van der Waals surface area contributed by atoms with Crippen LogP contribution in [0.4, 0.5) is 34.1 Å². The number of hydrogen-bond donors (Lipinski definition) is 0. The van der Waals surface area contributed by atoms with Gasteiger partial charge in [-0.1, -0.05) is 220 Å². The van der Waals surface area contributed by atoms with E-state index in [0.717, 1.165) is 35.6 Å². The van der Waals surface area contributed by atoms with Crippen LogP contribution in [-0.2, 0) is 18.3 Å². The van der Waals surface area contributed by atoms with Crippen molar-refractivity contribution < 1.29 is 0 Å². The molecule has 0 saturated heterocycles. The van der Waals surface area contributed by atoms with Crippen LogP contribution < -0.4 is 9.80 Å². The first-order valence-corrected chi connectivity index (χ1v) is 29.2. The van der Waals surface area contributed by atoms with Gasteiger partial charge in [0.2, 0.25) is 0 Å². The number of nitrogens with zero attached hydrogens (tertiary/aromatic N) is 2. The third-order valence-electron chi connectivity index (χ3n) is 16.1. The smallest absolute Gasteiger partial charge is 0.0463 e. The molecule has 382 valence electrons. The van der Waals surface area contributed by atoms with Crippen molar-refractivity contribution in [1.82, 2.24) is 0 Å². The van der Waals surface area contributed by atoms with Crippen molar-refractivity contribution in [2.45, 2.75) is 188 Å². The van der Waals surface area contributed by atoms with Crippen LogP contribution in [0.1, 0.15) is 189 Å². The molecule has 0 aliphatic heterocycles. The second kappa shape index (κ2) is 26.9. The van der Waals surface area contributed by atoms with Gasteiger partial charge in [0, 0.05) is 39.5 Å². The number of anilines is 6. The number of hydrogen-bond acceptors (Lipinski definition) is 2. The van der Waals surface area contributed by atoms with Crippen molar-refractivity contribution in [1.29, 1.82) is 0 Å². The molecule has 0 fully saturated rings. The Hall–Kier alpha value is -5.86. The third kappa shape index (κ3) is 13.5. The largest absolute Gasteiger partial charge is 0.311 e. The Labute approximate surface area is 443 Å². The lowest BCUT2D eigenvalue weighted by atomic mass is 9.70. The highest BCUT2D eigenvalue weighted by Gasteiger charge is 2.42. The van der Waals surface area contributed by atoms with Crippen molar-refractivity contribution in [3.05, 3.63) is 191 Å². The molecule has 8 rings (SSSR count). The first-order valence-electron chi connectivity index (χ1n) is 29.2. The van der Waals surface area contributed by atoms with Crippen LogP contribution in [0.3, 0.4) is 0 Å². The van der Waals surface area contributed by atoms with E-state index >= 15 is 0 Å². The van der Waals surface area contributed by atoms with Gasteiger partial charge in [-0.25, -0.2) is 0 Å². The topological polar surface area (TPSA) is 6.48 Å². The van der Waals surface area contributed by atoms with Crippen LogP contribution in [0.5, 0.6) is 0 Å². The van der Waals surface area contributed by atoms with E-state index in [9.17, 15) is 0 Å². The van der Waals surface area contributed by atoms with Crippen LogP contribution >= 0.6 is 0 Å². The molecule has 0 N–H and O–H groups in total. The highest BCUT2D eigenvalue weighted by molar-refractivity contribution is 5.86. The van der Waals surface area contributed by atoms with E-state index in [1.165, 1.54) is 184 Å². The van der Waals surface area contributed by atoms with Gasteiger partial charge in [-0.2, -0.15) is 0 Å². The van der Waals surface area contributed by atoms with E-state index < -0.39 is 0 Å². The minimum atomic E-state index is 0.0561. The van der Waals surface area contributed by atoms with Gasteiger partial charge in [-0.15, -0.1) is 0 Å². The van der Waals surface area contributed by atoms with Gasteiger partial charge < -0.3 is 9.80 Å². The third-order valence-corrected chi connectivity index (χ3v) is 16.1. The highest BCUT2D eigenvalue weighted by Crippen LogP contribution is 2.55. The van der Waals surface area contributed by atoms with E-state index in [1.807, 2.05) is 0 Å². The monoisotopic (exact) mass is 969 g/mol. The average Bonchev–Trinajstić information content (AvgIpc) is 3.68. The Bertz CT molecular complexity index is 2710. The summed E-state index contributed by atoms with van der Waals surface area (Å²) in [6.07, 6.45) is 28.2. The fourth-order valence-corrected chi connectivity index (χ4v) is 11.8. The molecule has 0 radical (unpaired) electrons. The summed E-state index contributed by atoms with van der Waals surface area (Å²) in [4.78, 5) is 4.84. The Morgan fingerprint density at radius 3 is 1.08 bits per heavy atom. The van der Waals surface area contributed by atoms with E-state index in [-0.39, 0.29) is 5.41 Å². The van der Waals surface area contributed by atoms with Gasteiger partial charge in [0.15, 0.2) is 0 Å². The summed E-state index contributed by atoms with van der Waals surface area (Å²) < 4.78 is 0. The molecule has 0 heterocycles. The maximum atomic E-state index is 2.61. The summed E-state index contributed by atoms with van der Waals surface area (Å²) in [7, 11) is 0. The van der Waals surface area contributed by atoms with Gasteiger partial charge in [0.25, 0.3) is 0 Å². The van der Waals surface area contributed by atoms with Crippen molar-refractivity contribution in [3.8, 4) is 22.3 Å². The average molecular weight is 969 g/mol. The summed E-state index contributed by atoms with van der Waals surface area (Å²) in [5.41, 5.74) is 21.2. The second-order valence-electron chi connectivity index (χ2n) is 21.7. The van der Waals surface area contributed by atoms with E-state index in [4.69, 9.17) is 0 Å². The molecule has 0 atom stereocenters. The van der Waals surface area contributed by atoms with Gasteiger partial charge >= 0.3 is 0 Å². The maximum Gasteiger partial charge on any atom is 0.0463 e. The molecule has 0 spiro atoms. The van der Waals surface area contributed by atoms with E-state index in [2.05, 4.69) is 209 Å². The molecule has 0 saturated carbocycles. The van der Waals surface area contributed by atoms with Gasteiger partial charge in [-0.3, -0.25) is 0 Å². The molecular weight excluding hydrogens is 881 g/mol. The lowest BCUT2D eigenvalue weighted by Crippen LogP contribution is -2.25. The Morgan fingerprint density at radius 1 is 0.301 bits per heavy atom. The molecule has 7 aromatic rings. The van der Waals surface area contributed by atoms with Crippen molar-refractivity contribution in [3.63, 3.8) is 0 Å². The molecule has 0 aromatic heterocycles. The maximum absolute atomic E-state index is 2.61. The van der Waals surface area contributed by atoms with Crippen LogP contribution in [0.2, 0.25) is 0 Å². The molecule has 1 aliphatic rings. The Kier molecular flexibility index (Phi) is 19.7. The second-order valence-corrected chi connectivity index (χ2v) is 21.7. The lowest BCUT2D eigenvalue weighted by molar-refractivity contribution is 0.398. The minimum Gasteiger partial charge on any atom is -0.311 e. The number of fused-ring (bicyclic) bond motifs is 3. The highest BCUT2D eigenvalue weighted by atomic mass is 15.2. The van der Waals surface area contributed by atoms with Gasteiger partial charge in [0.1, 0.15) is 0 Å². The van der Waals surface area contributed by atoms with Gasteiger partial charge in [0.05, 0.1) is 0 Å². The Balaban J connectivity index is 1.13. The van der Waals surface area contributed by atoms with Crippen molar-refractivity contribution in [2.24, 2.45) is 0 Å². The van der Waals surface area contributed by atoms with Crippen LogP contribution in [0.25, 0.3) is 22.3 Å². The lowest BCUT2D eigenvalue weighted by Gasteiger charge is -2.33. The van der Waals surface area contributed by atoms with Gasteiger partial charge in [-0.05, 0) is 176 Å². The minimum absolute atomic E-state index is 0.0561. The molecule has 0 bridgehead atoms. The van der Waals surface area contributed by atoms with Crippen molar-refractivity contribution in [2.75, 3.05) is 9.80 Å². The molecular formula is C71H88N2. The van der Waals surface area contributed by atoms with Crippen LogP contribution in [0, 0.1) is 13.8 Å². The van der Waals surface area contributed by atoms with Crippen LogP contribution in [0.15, 0.2) is 158 Å². The van der Waals surface area contributed by atoms with E-state index in [0.29, 0.717) is 0 Å². The van der Waals surface area contributed by atoms with Crippen LogP contribution in [-0.4, -0.2) is 0 Å². The standard InChI is InChI=1S/C71H88N2/c1-7-11-15-17-19-23-51-71(52-24-20-18-16-12-8-2)69-53-56(6)29-49-67(69)68-50-36-60(54-70(68)71)59-34-43-64(44-35-59)73(63-41-32-58(33-42-63)26-22-14-10-4)66-47-45-65(46-48-66)72(61-37-27-55(5)28-38-61)62-39-30-57(31-40-62)25-21-13-9-3/h27-50,53-54H,7-26,51-52H2,1-6H3. The molecule has 0 unspecified atom stereocenters. The number of unbranched alkanes of at least 4 members (excludes halogenated alkanes) is 14. The molecule has 1 aliphatic carbocycles. The van der Waals surface area contributed by atoms with Crippen molar-refractivity contribution >= 4 is 34.1 Å². The SMILES string of the molecule is CCCCCCCCC1(CCCCCCCC)c2cc(C)ccc2-c2ccc(-c3ccc(N(c4ccc(CCCCC)cc4)c4ccc(N(c5ccc(C)cc5)c5ccc(CCCCC)cc5)cc4)cc3)cc21.